The number of alkyl halides is 6. The molecule has 0 radical (unpaired) electrons. The van der Waals surface area contributed by atoms with E-state index < -0.39 is 40.7 Å². The van der Waals surface area contributed by atoms with E-state index in [1.54, 1.807) is 6.08 Å². The Kier molecular flexibility index (Phi) is 6.64. The fraction of sp³-hybridized carbons (Fsp3) is 0.643. The molecule has 1 aromatic rings. The summed E-state index contributed by atoms with van der Waals surface area (Å²) in [6.45, 7) is 3.96. The van der Waals surface area contributed by atoms with Gasteiger partial charge in [-0.05, 0) is 85.5 Å². The molecule has 1 heterocycles. The largest absolute Gasteiger partial charge is 0.424 e. The molecular weight excluding hydrogens is 546 g/mol. The van der Waals surface area contributed by atoms with Crippen molar-refractivity contribution in [3.63, 3.8) is 0 Å². The summed E-state index contributed by atoms with van der Waals surface area (Å²) >= 11 is 5.74. The van der Waals surface area contributed by atoms with Crippen molar-refractivity contribution in [3.8, 4) is 0 Å². The van der Waals surface area contributed by atoms with Crippen LogP contribution in [-0.2, 0) is 15.1 Å². The molecule has 1 aliphatic heterocycles. The molecule has 3 fully saturated rings. The van der Waals surface area contributed by atoms with Crippen LogP contribution in [0.5, 0.6) is 0 Å². The zero-order chi connectivity index (χ0) is 28.6. The first-order valence-corrected chi connectivity index (χ1v) is 13.6. The quantitative estimate of drug-likeness (QED) is 0.394. The molecule has 2 N–H and O–H groups in total. The number of carbonyl (C=O) groups is 2. The molecule has 4 nitrogen and oxygen atoms in total. The van der Waals surface area contributed by atoms with Gasteiger partial charge in [-0.3, -0.25) is 9.59 Å². The molecule has 214 valence electrons. The van der Waals surface area contributed by atoms with Gasteiger partial charge in [-0.1, -0.05) is 43.7 Å². The molecule has 7 atom stereocenters. The zero-order valence-corrected chi connectivity index (χ0v) is 22.3. The summed E-state index contributed by atoms with van der Waals surface area (Å²) in [6.07, 6.45) is -4.72. The van der Waals surface area contributed by atoms with E-state index in [4.69, 9.17) is 11.6 Å². The van der Waals surface area contributed by atoms with Crippen LogP contribution in [0.3, 0.4) is 0 Å². The number of hydrogen-bond acceptors (Lipinski definition) is 2. The first kappa shape index (κ1) is 28.3. The molecule has 3 saturated carbocycles. The number of benzene rings is 1. The fourth-order valence-electron chi connectivity index (χ4n) is 8.44. The monoisotopic (exact) mass is 576 g/mol. The highest BCUT2D eigenvalue weighted by atomic mass is 35.5. The van der Waals surface area contributed by atoms with E-state index in [1.165, 1.54) is 5.32 Å². The van der Waals surface area contributed by atoms with E-state index in [-0.39, 0.29) is 46.6 Å². The van der Waals surface area contributed by atoms with Crippen molar-refractivity contribution in [1.82, 2.24) is 10.6 Å². The summed E-state index contributed by atoms with van der Waals surface area (Å²) in [7, 11) is 0. The fourth-order valence-corrected chi connectivity index (χ4v) is 8.56. The lowest BCUT2D eigenvalue weighted by atomic mass is 9.48. The summed E-state index contributed by atoms with van der Waals surface area (Å²) in [5.41, 5.74) is -6.72. The lowest BCUT2D eigenvalue weighted by Gasteiger charge is -2.58. The van der Waals surface area contributed by atoms with Crippen molar-refractivity contribution in [1.29, 1.82) is 0 Å². The minimum Gasteiger partial charge on any atom is -0.349 e. The van der Waals surface area contributed by atoms with Crippen LogP contribution in [0.4, 0.5) is 26.3 Å². The predicted molar refractivity (Wildman–Crippen MR) is 132 cm³/mol. The standard InChI is InChI=1S/C28H31ClF6N2O2/c1-24-13-11-19-17(7-10-21-25(19,2)14-12-22(38)36-21)18(24)8-9-20(24)23(39)37-26(27(30,31)32,28(33,34)35)15-3-5-16(29)6-4-15/h3-6,12,14,17-21H,7-11,13H2,1-2H3,(H,36,38)(H,37,39)/t17-,18-,19-,20+,21+,24-,25+/m0/s1. The van der Waals surface area contributed by atoms with Gasteiger partial charge in [0.15, 0.2) is 0 Å². The molecule has 0 unspecified atom stereocenters. The van der Waals surface area contributed by atoms with E-state index >= 15 is 0 Å². The van der Waals surface area contributed by atoms with Gasteiger partial charge in [0.2, 0.25) is 11.8 Å². The van der Waals surface area contributed by atoms with Crippen molar-refractivity contribution >= 4 is 23.4 Å². The third-order valence-corrected chi connectivity index (χ3v) is 10.7. The zero-order valence-electron chi connectivity index (χ0n) is 21.6. The van der Waals surface area contributed by atoms with Crippen LogP contribution in [0.15, 0.2) is 36.4 Å². The molecule has 4 aliphatic rings. The maximum Gasteiger partial charge on any atom is 0.424 e. The highest BCUT2D eigenvalue weighted by molar-refractivity contribution is 6.30. The minimum atomic E-state index is -5.85. The summed E-state index contributed by atoms with van der Waals surface area (Å²) in [5, 5.41) is 4.51. The van der Waals surface area contributed by atoms with Gasteiger partial charge in [0.1, 0.15) is 0 Å². The topological polar surface area (TPSA) is 58.2 Å². The van der Waals surface area contributed by atoms with Crippen LogP contribution in [0.2, 0.25) is 5.02 Å². The summed E-state index contributed by atoms with van der Waals surface area (Å²) in [5.74, 6) is -2.01. The van der Waals surface area contributed by atoms with Crippen molar-refractivity contribution in [2.24, 2.45) is 34.5 Å². The number of nitrogens with one attached hydrogen (secondary N) is 2. The smallest absolute Gasteiger partial charge is 0.349 e. The number of halogens is 7. The van der Waals surface area contributed by atoms with Gasteiger partial charge >= 0.3 is 12.4 Å². The normalized spacial score (nSPS) is 36.4. The van der Waals surface area contributed by atoms with E-state index in [9.17, 15) is 35.9 Å². The summed E-state index contributed by atoms with van der Waals surface area (Å²) < 4.78 is 86.3. The van der Waals surface area contributed by atoms with Gasteiger partial charge in [-0.2, -0.15) is 26.3 Å². The van der Waals surface area contributed by atoms with Crippen LogP contribution < -0.4 is 10.6 Å². The molecular formula is C28H31ClF6N2O2. The highest BCUT2D eigenvalue weighted by Gasteiger charge is 2.73. The third kappa shape index (κ3) is 4.18. The predicted octanol–water partition coefficient (Wildman–Crippen LogP) is 6.69. The number of carbonyl (C=O) groups excluding carboxylic acids is 2. The maximum atomic E-state index is 14.4. The maximum absolute atomic E-state index is 14.4. The van der Waals surface area contributed by atoms with Crippen molar-refractivity contribution in [2.45, 2.75) is 76.3 Å². The molecule has 0 bridgehead atoms. The molecule has 2 amide bonds. The number of amides is 2. The minimum absolute atomic E-state index is 0.0142. The lowest BCUT2D eigenvalue weighted by Crippen LogP contribution is -2.66. The first-order valence-electron chi connectivity index (χ1n) is 13.3. The Bertz CT molecular complexity index is 1170. The Morgan fingerprint density at radius 3 is 2.21 bits per heavy atom. The molecule has 0 aromatic heterocycles. The van der Waals surface area contributed by atoms with Gasteiger partial charge in [-0.15, -0.1) is 0 Å². The molecule has 0 spiro atoms. The van der Waals surface area contributed by atoms with Crippen molar-refractivity contribution in [2.75, 3.05) is 0 Å². The molecule has 3 aliphatic carbocycles. The second kappa shape index (κ2) is 9.14. The Morgan fingerprint density at radius 1 is 0.949 bits per heavy atom. The molecule has 11 heteroatoms. The van der Waals surface area contributed by atoms with Gasteiger partial charge in [0.25, 0.3) is 5.54 Å². The van der Waals surface area contributed by atoms with Gasteiger partial charge < -0.3 is 10.6 Å². The molecule has 0 saturated heterocycles. The van der Waals surface area contributed by atoms with Crippen molar-refractivity contribution < 1.29 is 35.9 Å². The third-order valence-electron chi connectivity index (χ3n) is 10.4. The van der Waals surface area contributed by atoms with Crippen LogP contribution in [0, 0.1) is 34.5 Å². The molecule has 5 rings (SSSR count). The average Bonchev–Trinajstić information content (AvgIpc) is 3.19. The van der Waals surface area contributed by atoms with E-state index in [0.29, 0.717) is 31.4 Å². The Hall–Kier alpha value is -2.23. The first-order chi connectivity index (χ1) is 18.0. The Labute approximate surface area is 227 Å². The van der Waals surface area contributed by atoms with Crippen molar-refractivity contribution in [3.05, 3.63) is 47.0 Å². The van der Waals surface area contributed by atoms with E-state index in [1.807, 2.05) is 13.0 Å². The van der Waals surface area contributed by atoms with Crippen LogP contribution in [-0.4, -0.2) is 30.2 Å². The number of hydrogen-bond donors (Lipinski definition) is 2. The Morgan fingerprint density at radius 2 is 1.59 bits per heavy atom. The molecule has 1 aromatic carbocycles. The highest BCUT2D eigenvalue weighted by Crippen LogP contribution is 2.65. The van der Waals surface area contributed by atoms with Gasteiger partial charge in [0.05, 0.1) is 0 Å². The Balaban J connectivity index is 1.46. The van der Waals surface area contributed by atoms with E-state index in [0.717, 1.165) is 25.0 Å². The molecule has 39 heavy (non-hydrogen) atoms. The van der Waals surface area contributed by atoms with Crippen LogP contribution in [0.25, 0.3) is 0 Å². The number of fused-ring (bicyclic) bond motifs is 5. The number of rotatable bonds is 3. The summed E-state index contributed by atoms with van der Waals surface area (Å²) in [6, 6.07) is 3.19. The summed E-state index contributed by atoms with van der Waals surface area (Å²) in [4.78, 5) is 25.5. The second-order valence-corrected chi connectivity index (χ2v) is 12.6. The lowest BCUT2D eigenvalue weighted by molar-refractivity contribution is -0.312. The SMILES string of the molecule is C[C@]12C=CC(=O)N[C@@H]1CC[C@@H]1[C@@H]2CC[C@]2(C)[C@@H](C(=O)NC(c3ccc(Cl)cc3)(C(F)(F)F)C(F)(F)F)CC[C@@H]12. The second-order valence-electron chi connectivity index (χ2n) is 12.1. The van der Waals surface area contributed by atoms with Gasteiger partial charge in [-0.25, -0.2) is 0 Å². The van der Waals surface area contributed by atoms with Crippen LogP contribution >= 0.6 is 11.6 Å². The average molecular weight is 577 g/mol. The van der Waals surface area contributed by atoms with E-state index in [2.05, 4.69) is 12.2 Å². The van der Waals surface area contributed by atoms with Gasteiger partial charge in [0, 0.05) is 22.4 Å². The van der Waals surface area contributed by atoms with Crippen LogP contribution in [0.1, 0.15) is 57.9 Å².